The number of carbonyl (C=O) groups is 1. The number of anilines is 1. The summed E-state index contributed by atoms with van der Waals surface area (Å²) < 4.78 is 5.13. The molecule has 0 amide bonds. The van der Waals surface area contributed by atoms with E-state index in [4.69, 9.17) is 22.1 Å². The van der Waals surface area contributed by atoms with E-state index in [2.05, 4.69) is 4.98 Å². The van der Waals surface area contributed by atoms with Crippen LogP contribution < -0.4 is 5.73 Å². The Morgan fingerprint density at radius 2 is 2.17 bits per heavy atom. The molecule has 18 heavy (non-hydrogen) atoms. The molecule has 2 rings (SSSR count). The summed E-state index contributed by atoms with van der Waals surface area (Å²) in [4.78, 5) is 15.7. The minimum absolute atomic E-state index is 0.151. The molecule has 4 nitrogen and oxygen atoms in total. The number of hydrogen-bond donors (Lipinski definition) is 1. The Morgan fingerprint density at radius 1 is 1.33 bits per heavy atom. The van der Waals surface area contributed by atoms with Gasteiger partial charge in [-0.3, -0.25) is 4.98 Å². The van der Waals surface area contributed by atoms with Crippen LogP contribution in [0.3, 0.4) is 0 Å². The lowest BCUT2D eigenvalue weighted by Crippen LogP contribution is -2.08. The average molecular weight is 263 g/mol. The van der Waals surface area contributed by atoms with Gasteiger partial charge in [-0.15, -0.1) is 0 Å². The van der Waals surface area contributed by atoms with Crippen molar-refractivity contribution < 1.29 is 9.53 Å². The van der Waals surface area contributed by atoms with Gasteiger partial charge in [0.25, 0.3) is 0 Å². The van der Waals surface area contributed by atoms with Gasteiger partial charge in [0.05, 0.1) is 16.3 Å². The molecule has 2 aromatic rings. The van der Waals surface area contributed by atoms with Crippen LogP contribution >= 0.6 is 11.6 Å². The number of rotatable bonds is 3. The number of nitrogens with zero attached hydrogens (tertiary/aromatic N) is 1. The SMILES string of the molecule is Nc1c(Cl)cccc1C(=O)OCc1cccnc1. The fourth-order valence-corrected chi connectivity index (χ4v) is 1.60. The van der Waals surface area contributed by atoms with Gasteiger partial charge in [0.2, 0.25) is 0 Å². The van der Waals surface area contributed by atoms with Crippen molar-refractivity contribution >= 4 is 23.3 Å². The maximum Gasteiger partial charge on any atom is 0.340 e. The first-order chi connectivity index (χ1) is 8.68. The highest BCUT2D eigenvalue weighted by atomic mass is 35.5. The topological polar surface area (TPSA) is 65.2 Å². The number of hydrogen-bond acceptors (Lipinski definition) is 4. The van der Waals surface area contributed by atoms with E-state index in [-0.39, 0.29) is 17.9 Å². The maximum atomic E-state index is 11.8. The summed E-state index contributed by atoms with van der Waals surface area (Å²) >= 11 is 5.83. The molecule has 0 unspecified atom stereocenters. The molecule has 5 heteroatoms. The highest BCUT2D eigenvalue weighted by molar-refractivity contribution is 6.33. The fourth-order valence-electron chi connectivity index (χ4n) is 1.43. The first-order valence-electron chi connectivity index (χ1n) is 5.28. The molecule has 92 valence electrons. The number of nitrogens with two attached hydrogens (primary N) is 1. The molecule has 0 aliphatic rings. The first-order valence-corrected chi connectivity index (χ1v) is 5.66. The fraction of sp³-hybridized carbons (Fsp3) is 0.0769. The second-order valence-electron chi connectivity index (χ2n) is 3.64. The van der Waals surface area contributed by atoms with E-state index in [1.807, 2.05) is 6.07 Å². The Bertz CT molecular complexity index is 558. The number of aromatic nitrogens is 1. The van der Waals surface area contributed by atoms with E-state index < -0.39 is 5.97 Å². The van der Waals surface area contributed by atoms with Gasteiger partial charge in [-0.1, -0.05) is 23.7 Å². The quantitative estimate of drug-likeness (QED) is 0.682. The van der Waals surface area contributed by atoms with Crippen molar-refractivity contribution in [1.29, 1.82) is 0 Å². The number of benzene rings is 1. The second kappa shape index (κ2) is 5.51. The molecule has 0 spiro atoms. The lowest BCUT2D eigenvalue weighted by atomic mass is 10.2. The lowest BCUT2D eigenvalue weighted by Gasteiger charge is -2.07. The molecule has 0 radical (unpaired) electrons. The minimum Gasteiger partial charge on any atom is -0.457 e. The molecule has 0 aliphatic carbocycles. The van der Waals surface area contributed by atoms with Crippen molar-refractivity contribution in [2.75, 3.05) is 5.73 Å². The largest absolute Gasteiger partial charge is 0.457 e. The zero-order chi connectivity index (χ0) is 13.0. The standard InChI is InChI=1S/C13H11ClN2O2/c14-11-5-1-4-10(12(11)15)13(17)18-8-9-3-2-6-16-7-9/h1-7H,8,15H2. The average Bonchev–Trinajstić information content (AvgIpc) is 2.40. The number of pyridine rings is 1. The number of ether oxygens (including phenoxy) is 1. The molecule has 0 fully saturated rings. The van der Waals surface area contributed by atoms with Gasteiger partial charge in [0.1, 0.15) is 6.61 Å². The summed E-state index contributed by atoms with van der Waals surface area (Å²) in [6.45, 7) is 0.151. The molecule has 0 atom stereocenters. The number of halogens is 1. The third-order valence-corrected chi connectivity index (χ3v) is 2.70. The van der Waals surface area contributed by atoms with E-state index in [1.54, 1.807) is 36.7 Å². The number of esters is 1. The Labute approximate surface area is 109 Å². The predicted molar refractivity (Wildman–Crippen MR) is 69.2 cm³/mol. The van der Waals surface area contributed by atoms with Crippen molar-refractivity contribution in [2.24, 2.45) is 0 Å². The van der Waals surface area contributed by atoms with Crippen LogP contribution in [0.5, 0.6) is 0 Å². The number of para-hydroxylation sites is 1. The van der Waals surface area contributed by atoms with E-state index in [1.165, 1.54) is 0 Å². The molecular weight excluding hydrogens is 252 g/mol. The Balaban J connectivity index is 2.07. The molecule has 1 aromatic carbocycles. The van der Waals surface area contributed by atoms with Gasteiger partial charge in [-0.2, -0.15) is 0 Å². The molecule has 0 aliphatic heterocycles. The minimum atomic E-state index is -0.501. The molecule has 0 saturated heterocycles. The Hall–Kier alpha value is -2.07. The molecule has 2 N–H and O–H groups in total. The summed E-state index contributed by atoms with van der Waals surface area (Å²) in [5.41, 5.74) is 7.02. The third-order valence-electron chi connectivity index (χ3n) is 2.37. The Morgan fingerprint density at radius 3 is 2.89 bits per heavy atom. The van der Waals surface area contributed by atoms with Crippen LogP contribution in [0, 0.1) is 0 Å². The van der Waals surface area contributed by atoms with Gasteiger partial charge in [-0.05, 0) is 18.2 Å². The van der Waals surface area contributed by atoms with Gasteiger partial charge in [-0.25, -0.2) is 4.79 Å². The van der Waals surface area contributed by atoms with Crippen molar-refractivity contribution in [3.05, 3.63) is 58.9 Å². The van der Waals surface area contributed by atoms with Gasteiger partial charge >= 0.3 is 5.97 Å². The van der Waals surface area contributed by atoms with Crippen LogP contribution in [-0.4, -0.2) is 11.0 Å². The Kier molecular flexibility index (Phi) is 3.79. The summed E-state index contributed by atoms with van der Waals surface area (Å²) in [6, 6.07) is 8.44. The molecule has 0 saturated carbocycles. The smallest absolute Gasteiger partial charge is 0.340 e. The zero-order valence-corrected chi connectivity index (χ0v) is 10.2. The lowest BCUT2D eigenvalue weighted by molar-refractivity contribution is 0.0473. The summed E-state index contributed by atoms with van der Waals surface area (Å²) in [6.07, 6.45) is 3.29. The van der Waals surface area contributed by atoms with Crippen molar-refractivity contribution in [3.63, 3.8) is 0 Å². The van der Waals surface area contributed by atoms with E-state index in [0.717, 1.165) is 5.56 Å². The number of carbonyl (C=O) groups excluding carboxylic acids is 1. The molecule has 1 aromatic heterocycles. The number of nitrogen functional groups attached to an aromatic ring is 1. The van der Waals surface area contributed by atoms with Crippen LogP contribution in [0.4, 0.5) is 5.69 Å². The molecular formula is C13H11ClN2O2. The normalized spacial score (nSPS) is 10.1. The predicted octanol–water partition coefficient (Wildman–Crippen LogP) is 2.67. The summed E-state index contributed by atoms with van der Waals surface area (Å²) in [5.74, 6) is -0.501. The highest BCUT2D eigenvalue weighted by Crippen LogP contribution is 2.23. The molecule has 1 heterocycles. The van der Waals surface area contributed by atoms with E-state index in [9.17, 15) is 4.79 Å². The highest BCUT2D eigenvalue weighted by Gasteiger charge is 2.13. The van der Waals surface area contributed by atoms with Crippen LogP contribution in [0.2, 0.25) is 5.02 Å². The maximum absolute atomic E-state index is 11.8. The summed E-state index contributed by atoms with van der Waals surface area (Å²) in [5, 5.41) is 0.339. The van der Waals surface area contributed by atoms with Crippen LogP contribution in [0.15, 0.2) is 42.7 Å². The first kappa shape index (κ1) is 12.4. The monoisotopic (exact) mass is 262 g/mol. The van der Waals surface area contributed by atoms with Gasteiger partial charge in [0.15, 0.2) is 0 Å². The second-order valence-corrected chi connectivity index (χ2v) is 4.05. The molecule has 0 bridgehead atoms. The van der Waals surface area contributed by atoms with Crippen molar-refractivity contribution in [2.45, 2.75) is 6.61 Å². The van der Waals surface area contributed by atoms with E-state index >= 15 is 0 Å². The van der Waals surface area contributed by atoms with Gasteiger partial charge < -0.3 is 10.5 Å². The van der Waals surface area contributed by atoms with Crippen molar-refractivity contribution in [1.82, 2.24) is 4.98 Å². The van der Waals surface area contributed by atoms with Crippen LogP contribution in [0.1, 0.15) is 15.9 Å². The zero-order valence-electron chi connectivity index (χ0n) is 9.47. The summed E-state index contributed by atoms with van der Waals surface area (Å²) in [7, 11) is 0. The van der Waals surface area contributed by atoms with Crippen LogP contribution in [0.25, 0.3) is 0 Å². The van der Waals surface area contributed by atoms with Gasteiger partial charge in [0, 0.05) is 18.0 Å². The van der Waals surface area contributed by atoms with E-state index in [0.29, 0.717) is 5.02 Å². The van der Waals surface area contributed by atoms with Crippen molar-refractivity contribution in [3.8, 4) is 0 Å². The third kappa shape index (κ3) is 2.78. The van der Waals surface area contributed by atoms with Crippen LogP contribution in [-0.2, 0) is 11.3 Å².